The molecule has 146 valence electrons. The molecular weight excluding hydrogens is 370 g/mol. The van der Waals surface area contributed by atoms with E-state index in [2.05, 4.69) is 20.6 Å². The third-order valence-corrected chi connectivity index (χ3v) is 4.09. The standard InChI is InChI=1S/C21H19N5O3/c1-2-28-17-7-4-8-18(12-17)29-13-21(27)23-16-6-3-5-15(11-16)19-9-10-20-24-22-14-26(20)25-19/h3-12,14H,2,13H2,1H3,(H,23,27). The Kier molecular flexibility index (Phi) is 5.33. The lowest BCUT2D eigenvalue weighted by atomic mass is 10.1. The number of ether oxygens (including phenoxy) is 2. The van der Waals surface area contributed by atoms with Gasteiger partial charge in [-0.3, -0.25) is 4.79 Å². The number of carbonyl (C=O) groups excluding carboxylic acids is 1. The summed E-state index contributed by atoms with van der Waals surface area (Å²) in [6.07, 6.45) is 1.54. The van der Waals surface area contributed by atoms with Gasteiger partial charge in [-0.2, -0.15) is 9.61 Å². The van der Waals surface area contributed by atoms with Crippen LogP contribution in [0.4, 0.5) is 5.69 Å². The number of hydrogen-bond donors (Lipinski definition) is 1. The van der Waals surface area contributed by atoms with Crippen LogP contribution in [-0.2, 0) is 4.79 Å². The van der Waals surface area contributed by atoms with E-state index in [0.717, 1.165) is 11.3 Å². The molecule has 0 saturated heterocycles. The molecule has 0 fully saturated rings. The van der Waals surface area contributed by atoms with Gasteiger partial charge in [0.15, 0.2) is 12.3 Å². The second-order valence-corrected chi connectivity index (χ2v) is 6.18. The zero-order valence-corrected chi connectivity index (χ0v) is 15.8. The topological polar surface area (TPSA) is 90.6 Å². The summed E-state index contributed by atoms with van der Waals surface area (Å²) in [4.78, 5) is 12.3. The maximum absolute atomic E-state index is 12.3. The van der Waals surface area contributed by atoms with Crippen LogP contribution < -0.4 is 14.8 Å². The summed E-state index contributed by atoms with van der Waals surface area (Å²) in [5, 5.41) is 15.1. The minimum Gasteiger partial charge on any atom is -0.494 e. The van der Waals surface area contributed by atoms with Crippen LogP contribution in [0, 0.1) is 0 Å². The number of carbonyl (C=O) groups is 1. The highest BCUT2D eigenvalue weighted by Crippen LogP contribution is 2.22. The van der Waals surface area contributed by atoms with E-state index in [1.165, 1.54) is 0 Å². The predicted molar refractivity (Wildman–Crippen MR) is 108 cm³/mol. The monoisotopic (exact) mass is 389 g/mol. The zero-order valence-electron chi connectivity index (χ0n) is 15.8. The normalized spacial score (nSPS) is 10.7. The molecule has 4 rings (SSSR count). The van der Waals surface area contributed by atoms with E-state index in [4.69, 9.17) is 9.47 Å². The van der Waals surface area contributed by atoms with Crippen molar-refractivity contribution in [2.75, 3.05) is 18.5 Å². The van der Waals surface area contributed by atoms with Crippen molar-refractivity contribution >= 4 is 17.2 Å². The van der Waals surface area contributed by atoms with Gasteiger partial charge in [0.05, 0.1) is 12.3 Å². The molecule has 1 N–H and O–H groups in total. The summed E-state index contributed by atoms with van der Waals surface area (Å²) in [7, 11) is 0. The van der Waals surface area contributed by atoms with Gasteiger partial charge in [0.1, 0.15) is 17.8 Å². The average molecular weight is 389 g/mol. The Morgan fingerprint density at radius 1 is 1.03 bits per heavy atom. The summed E-state index contributed by atoms with van der Waals surface area (Å²) < 4.78 is 12.6. The molecule has 0 aliphatic rings. The van der Waals surface area contributed by atoms with Gasteiger partial charge in [-0.25, -0.2) is 0 Å². The number of anilines is 1. The van der Waals surface area contributed by atoms with Crippen molar-refractivity contribution in [2.24, 2.45) is 0 Å². The molecule has 0 saturated carbocycles. The number of hydrogen-bond acceptors (Lipinski definition) is 6. The van der Waals surface area contributed by atoms with Crippen molar-refractivity contribution < 1.29 is 14.3 Å². The molecular formula is C21H19N5O3. The first kappa shape index (κ1) is 18.4. The van der Waals surface area contributed by atoms with Crippen molar-refractivity contribution in [1.82, 2.24) is 19.8 Å². The van der Waals surface area contributed by atoms with Crippen LogP contribution in [0.15, 0.2) is 67.0 Å². The van der Waals surface area contributed by atoms with Gasteiger partial charge >= 0.3 is 0 Å². The molecule has 4 aromatic rings. The number of aromatic nitrogens is 4. The van der Waals surface area contributed by atoms with Crippen LogP contribution in [0.3, 0.4) is 0 Å². The van der Waals surface area contributed by atoms with E-state index in [9.17, 15) is 4.79 Å². The van der Waals surface area contributed by atoms with E-state index < -0.39 is 0 Å². The SMILES string of the molecule is CCOc1cccc(OCC(=O)Nc2cccc(-c3ccc4nncn4n3)c2)c1. The highest BCUT2D eigenvalue weighted by atomic mass is 16.5. The Hall–Kier alpha value is -3.94. The van der Waals surface area contributed by atoms with Crippen LogP contribution in [0.5, 0.6) is 11.5 Å². The first-order valence-corrected chi connectivity index (χ1v) is 9.14. The van der Waals surface area contributed by atoms with Gasteiger partial charge in [0.2, 0.25) is 0 Å². The average Bonchev–Trinajstić information content (AvgIpc) is 3.21. The van der Waals surface area contributed by atoms with Crippen LogP contribution in [0.25, 0.3) is 16.9 Å². The fraction of sp³-hybridized carbons (Fsp3) is 0.143. The molecule has 0 unspecified atom stereocenters. The van der Waals surface area contributed by atoms with Gasteiger partial charge < -0.3 is 14.8 Å². The summed E-state index contributed by atoms with van der Waals surface area (Å²) in [6, 6.07) is 18.3. The second-order valence-electron chi connectivity index (χ2n) is 6.18. The largest absolute Gasteiger partial charge is 0.494 e. The van der Waals surface area contributed by atoms with Crippen molar-refractivity contribution in [3.63, 3.8) is 0 Å². The Morgan fingerprint density at radius 2 is 1.86 bits per heavy atom. The van der Waals surface area contributed by atoms with Crippen molar-refractivity contribution in [1.29, 1.82) is 0 Å². The maximum atomic E-state index is 12.3. The number of benzene rings is 2. The van der Waals surface area contributed by atoms with E-state index in [-0.39, 0.29) is 12.5 Å². The van der Waals surface area contributed by atoms with Gasteiger partial charge in [0, 0.05) is 17.3 Å². The van der Waals surface area contributed by atoms with Crippen LogP contribution >= 0.6 is 0 Å². The van der Waals surface area contributed by atoms with Crippen molar-refractivity contribution in [2.45, 2.75) is 6.92 Å². The Labute approximate surface area is 167 Å². The van der Waals surface area contributed by atoms with Crippen LogP contribution in [0.2, 0.25) is 0 Å². The molecule has 0 aliphatic carbocycles. The zero-order chi connectivity index (χ0) is 20.1. The first-order valence-electron chi connectivity index (χ1n) is 9.14. The van der Waals surface area contributed by atoms with Gasteiger partial charge in [-0.05, 0) is 43.3 Å². The molecule has 2 heterocycles. The van der Waals surface area contributed by atoms with Gasteiger partial charge in [-0.15, -0.1) is 10.2 Å². The molecule has 8 nitrogen and oxygen atoms in total. The van der Waals surface area contributed by atoms with Crippen molar-refractivity contribution in [3.8, 4) is 22.8 Å². The number of nitrogens with zero attached hydrogens (tertiary/aromatic N) is 4. The molecule has 0 radical (unpaired) electrons. The lowest BCUT2D eigenvalue weighted by Gasteiger charge is -2.10. The summed E-state index contributed by atoms with van der Waals surface area (Å²) in [5.41, 5.74) is 2.94. The van der Waals surface area contributed by atoms with E-state index in [1.807, 2.05) is 55.5 Å². The highest BCUT2D eigenvalue weighted by molar-refractivity contribution is 5.92. The fourth-order valence-electron chi connectivity index (χ4n) is 2.81. The molecule has 8 heteroatoms. The third kappa shape index (κ3) is 4.49. The maximum Gasteiger partial charge on any atom is 0.262 e. The second kappa shape index (κ2) is 8.39. The van der Waals surface area contributed by atoms with Crippen LogP contribution in [-0.4, -0.2) is 38.9 Å². The molecule has 29 heavy (non-hydrogen) atoms. The smallest absolute Gasteiger partial charge is 0.262 e. The molecule has 0 atom stereocenters. The summed E-state index contributed by atoms with van der Waals surface area (Å²) in [6.45, 7) is 2.37. The first-order chi connectivity index (χ1) is 14.2. The molecule has 0 aliphatic heterocycles. The lowest BCUT2D eigenvalue weighted by Crippen LogP contribution is -2.20. The lowest BCUT2D eigenvalue weighted by molar-refractivity contribution is -0.118. The Morgan fingerprint density at radius 3 is 2.72 bits per heavy atom. The van der Waals surface area contributed by atoms with E-state index in [1.54, 1.807) is 23.0 Å². The number of rotatable bonds is 7. The Bertz CT molecular complexity index is 1140. The number of amides is 1. The fourth-order valence-corrected chi connectivity index (χ4v) is 2.81. The minimum absolute atomic E-state index is 0.106. The molecule has 2 aromatic carbocycles. The summed E-state index contributed by atoms with van der Waals surface area (Å²) >= 11 is 0. The quantitative estimate of drug-likeness (QED) is 0.522. The molecule has 0 bridgehead atoms. The Balaban J connectivity index is 1.41. The molecule has 2 aromatic heterocycles. The van der Waals surface area contributed by atoms with Gasteiger partial charge in [-0.1, -0.05) is 18.2 Å². The van der Waals surface area contributed by atoms with E-state index >= 15 is 0 Å². The van der Waals surface area contributed by atoms with Crippen molar-refractivity contribution in [3.05, 3.63) is 67.0 Å². The predicted octanol–water partition coefficient (Wildman–Crippen LogP) is 3.21. The summed E-state index contributed by atoms with van der Waals surface area (Å²) in [5.74, 6) is 1.02. The minimum atomic E-state index is -0.258. The van der Waals surface area contributed by atoms with Crippen LogP contribution in [0.1, 0.15) is 6.92 Å². The number of fused-ring (bicyclic) bond motifs is 1. The van der Waals surface area contributed by atoms with E-state index in [0.29, 0.717) is 29.4 Å². The molecule has 0 spiro atoms. The third-order valence-electron chi connectivity index (χ3n) is 4.09. The molecule has 1 amide bonds. The number of nitrogens with one attached hydrogen (secondary N) is 1. The highest BCUT2D eigenvalue weighted by Gasteiger charge is 2.07. The van der Waals surface area contributed by atoms with Gasteiger partial charge in [0.25, 0.3) is 5.91 Å².